The van der Waals surface area contributed by atoms with Crippen molar-refractivity contribution < 1.29 is 4.79 Å². The predicted molar refractivity (Wildman–Crippen MR) is 77.1 cm³/mol. The van der Waals surface area contributed by atoms with Gasteiger partial charge in [-0.3, -0.25) is 4.79 Å². The first-order valence-corrected chi connectivity index (χ1v) is 6.29. The number of hydrogen-bond donors (Lipinski definition) is 2. The van der Waals surface area contributed by atoms with E-state index in [1.54, 1.807) is 25.2 Å². The number of aromatic nitrogens is 2. The number of anilines is 1. The molecular formula is C13H14ClN5O. The maximum Gasteiger partial charge on any atom is 0.274 e. The number of nitrogens with two attached hydrogens (primary N) is 1. The minimum Gasteiger partial charge on any atom is -0.336 e. The summed E-state index contributed by atoms with van der Waals surface area (Å²) >= 11 is 6.07. The minimum absolute atomic E-state index is 0.235. The summed E-state index contributed by atoms with van der Waals surface area (Å²) in [6.07, 6.45) is 0. The first-order valence-electron chi connectivity index (χ1n) is 5.91. The van der Waals surface area contributed by atoms with Crippen molar-refractivity contribution in [1.82, 2.24) is 15.1 Å². The number of rotatable bonds is 4. The lowest BCUT2D eigenvalue weighted by Crippen LogP contribution is -2.27. The standard InChI is InChI=1S/C13H14ClN5O/c1-19(8-9-4-2-3-5-10(9)14)13(20)11-6-7-12(16-15)18-17-11/h2-7H,8,15H2,1H3,(H,16,18). The van der Waals surface area contributed by atoms with E-state index in [9.17, 15) is 4.79 Å². The molecule has 0 spiro atoms. The fraction of sp³-hybridized carbons (Fsp3) is 0.154. The van der Waals surface area contributed by atoms with Crippen LogP contribution < -0.4 is 11.3 Å². The molecule has 0 atom stereocenters. The van der Waals surface area contributed by atoms with Gasteiger partial charge in [0.25, 0.3) is 5.91 Å². The SMILES string of the molecule is CN(Cc1ccccc1Cl)C(=O)c1ccc(NN)nn1. The molecular weight excluding hydrogens is 278 g/mol. The van der Waals surface area contributed by atoms with Crippen LogP contribution in [0.1, 0.15) is 16.1 Å². The Bertz CT molecular complexity index is 602. The van der Waals surface area contributed by atoms with E-state index >= 15 is 0 Å². The van der Waals surface area contributed by atoms with Gasteiger partial charge in [0, 0.05) is 18.6 Å². The first kappa shape index (κ1) is 14.2. The molecule has 6 nitrogen and oxygen atoms in total. The van der Waals surface area contributed by atoms with Crippen LogP contribution in [-0.4, -0.2) is 28.1 Å². The van der Waals surface area contributed by atoms with Crippen LogP contribution in [0.15, 0.2) is 36.4 Å². The second kappa shape index (κ2) is 6.31. The van der Waals surface area contributed by atoms with Crippen LogP contribution in [0.5, 0.6) is 0 Å². The first-order chi connectivity index (χ1) is 9.61. The second-order valence-electron chi connectivity index (χ2n) is 4.20. The minimum atomic E-state index is -0.235. The Kier molecular flexibility index (Phi) is 4.49. The number of carbonyl (C=O) groups excluding carboxylic acids is 1. The van der Waals surface area contributed by atoms with Gasteiger partial charge in [0.15, 0.2) is 11.5 Å². The lowest BCUT2D eigenvalue weighted by molar-refractivity contribution is 0.0778. The van der Waals surface area contributed by atoms with E-state index in [1.807, 2.05) is 18.2 Å². The fourth-order valence-corrected chi connectivity index (χ4v) is 1.87. The number of nitrogens with zero attached hydrogens (tertiary/aromatic N) is 3. The third kappa shape index (κ3) is 3.23. The van der Waals surface area contributed by atoms with Gasteiger partial charge >= 0.3 is 0 Å². The molecule has 1 heterocycles. The van der Waals surface area contributed by atoms with Gasteiger partial charge in [0.05, 0.1) is 0 Å². The maximum atomic E-state index is 12.2. The Morgan fingerprint density at radius 1 is 1.30 bits per heavy atom. The van der Waals surface area contributed by atoms with E-state index in [-0.39, 0.29) is 11.6 Å². The van der Waals surface area contributed by atoms with Crippen molar-refractivity contribution in [3.63, 3.8) is 0 Å². The summed E-state index contributed by atoms with van der Waals surface area (Å²) in [5.74, 6) is 5.36. The number of carbonyl (C=O) groups is 1. The van der Waals surface area contributed by atoms with Crippen LogP contribution in [0.3, 0.4) is 0 Å². The van der Waals surface area contributed by atoms with Gasteiger partial charge < -0.3 is 10.3 Å². The Balaban J connectivity index is 2.10. The van der Waals surface area contributed by atoms with Gasteiger partial charge in [-0.2, -0.15) is 0 Å². The van der Waals surface area contributed by atoms with Crippen molar-refractivity contribution in [1.29, 1.82) is 0 Å². The summed E-state index contributed by atoms with van der Waals surface area (Å²) in [4.78, 5) is 13.7. The van der Waals surface area contributed by atoms with Crippen LogP contribution in [0, 0.1) is 0 Å². The lowest BCUT2D eigenvalue weighted by Gasteiger charge is -2.17. The molecule has 104 valence electrons. The van der Waals surface area contributed by atoms with E-state index in [0.29, 0.717) is 17.4 Å². The highest BCUT2D eigenvalue weighted by Crippen LogP contribution is 2.17. The third-order valence-electron chi connectivity index (χ3n) is 2.74. The quantitative estimate of drug-likeness (QED) is 0.661. The van der Waals surface area contributed by atoms with Gasteiger partial charge in [0.1, 0.15) is 0 Å². The molecule has 0 aliphatic carbocycles. The third-order valence-corrected chi connectivity index (χ3v) is 3.11. The van der Waals surface area contributed by atoms with E-state index in [4.69, 9.17) is 17.4 Å². The van der Waals surface area contributed by atoms with E-state index in [0.717, 1.165) is 5.56 Å². The molecule has 0 fully saturated rings. The molecule has 20 heavy (non-hydrogen) atoms. The van der Waals surface area contributed by atoms with Crippen LogP contribution in [0.4, 0.5) is 5.82 Å². The zero-order valence-corrected chi connectivity index (χ0v) is 11.6. The van der Waals surface area contributed by atoms with Crippen molar-refractivity contribution in [2.24, 2.45) is 5.84 Å². The van der Waals surface area contributed by atoms with E-state index < -0.39 is 0 Å². The lowest BCUT2D eigenvalue weighted by atomic mass is 10.2. The van der Waals surface area contributed by atoms with Crippen LogP contribution in [0.2, 0.25) is 5.02 Å². The number of benzene rings is 1. The number of halogens is 1. The van der Waals surface area contributed by atoms with Gasteiger partial charge in [-0.25, -0.2) is 5.84 Å². The molecule has 0 bridgehead atoms. The Morgan fingerprint density at radius 3 is 2.65 bits per heavy atom. The maximum absolute atomic E-state index is 12.2. The smallest absolute Gasteiger partial charge is 0.274 e. The Labute approximate surface area is 121 Å². The Morgan fingerprint density at radius 2 is 2.05 bits per heavy atom. The summed E-state index contributed by atoms with van der Waals surface area (Å²) in [5.41, 5.74) is 3.48. The molecule has 1 aromatic carbocycles. The average Bonchev–Trinajstić information content (AvgIpc) is 2.49. The summed E-state index contributed by atoms with van der Waals surface area (Å²) < 4.78 is 0. The van der Waals surface area contributed by atoms with Gasteiger partial charge in [-0.1, -0.05) is 29.8 Å². The van der Waals surface area contributed by atoms with E-state index in [2.05, 4.69) is 15.6 Å². The molecule has 0 aliphatic rings. The zero-order chi connectivity index (χ0) is 14.5. The summed E-state index contributed by atoms with van der Waals surface area (Å²) in [6.45, 7) is 0.400. The molecule has 0 unspecified atom stereocenters. The highest BCUT2D eigenvalue weighted by atomic mass is 35.5. The van der Waals surface area contributed by atoms with Crippen molar-refractivity contribution in [3.8, 4) is 0 Å². The molecule has 0 saturated carbocycles. The summed E-state index contributed by atoms with van der Waals surface area (Å²) in [5, 5.41) is 8.21. The molecule has 0 aliphatic heterocycles. The van der Waals surface area contributed by atoms with Crippen molar-refractivity contribution in [2.75, 3.05) is 12.5 Å². The van der Waals surface area contributed by atoms with Crippen molar-refractivity contribution in [2.45, 2.75) is 6.54 Å². The number of hydrogen-bond acceptors (Lipinski definition) is 5. The molecule has 1 aromatic heterocycles. The summed E-state index contributed by atoms with van der Waals surface area (Å²) in [6, 6.07) is 10.5. The highest BCUT2D eigenvalue weighted by molar-refractivity contribution is 6.31. The van der Waals surface area contributed by atoms with Gasteiger partial charge in [-0.05, 0) is 23.8 Å². The fourth-order valence-electron chi connectivity index (χ4n) is 1.67. The monoisotopic (exact) mass is 291 g/mol. The second-order valence-corrected chi connectivity index (χ2v) is 4.61. The molecule has 2 rings (SSSR count). The molecule has 3 N–H and O–H groups in total. The van der Waals surface area contributed by atoms with Gasteiger partial charge in [0.2, 0.25) is 0 Å². The molecule has 2 aromatic rings. The topological polar surface area (TPSA) is 84.1 Å². The van der Waals surface area contributed by atoms with Crippen LogP contribution >= 0.6 is 11.6 Å². The largest absolute Gasteiger partial charge is 0.336 e. The molecule has 0 radical (unpaired) electrons. The number of nitrogens with one attached hydrogen (secondary N) is 1. The predicted octanol–water partition coefficient (Wildman–Crippen LogP) is 1.69. The average molecular weight is 292 g/mol. The molecule has 0 saturated heterocycles. The summed E-state index contributed by atoms with van der Waals surface area (Å²) in [7, 11) is 1.68. The van der Waals surface area contributed by atoms with Crippen molar-refractivity contribution in [3.05, 3.63) is 52.7 Å². The number of hydrazine groups is 1. The molecule has 1 amide bonds. The zero-order valence-electron chi connectivity index (χ0n) is 10.9. The molecule has 7 heteroatoms. The van der Waals surface area contributed by atoms with Crippen molar-refractivity contribution >= 4 is 23.3 Å². The highest BCUT2D eigenvalue weighted by Gasteiger charge is 2.15. The van der Waals surface area contributed by atoms with E-state index in [1.165, 1.54) is 4.90 Å². The number of amides is 1. The van der Waals surface area contributed by atoms with Gasteiger partial charge in [-0.15, -0.1) is 10.2 Å². The number of nitrogen functional groups attached to an aromatic ring is 1. The Hall–Kier alpha value is -2.18. The normalized spacial score (nSPS) is 10.2. The van der Waals surface area contributed by atoms with Crippen LogP contribution in [-0.2, 0) is 6.54 Å². The van der Waals surface area contributed by atoms with Crippen LogP contribution in [0.25, 0.3) is 0 Å².